The van der Waals surface area contributed by atoms with Crippen LogP contribution in [-0.4, -0.2) is 10.1 Å². The summed E-state index contributed by atoms with van der Waals surface area (Å²) in [5.41, 5.74) is 7.41. The molecular weight excluding hydrogens is 238 g/mol. The van der Waals surface area contributed by atoms with Gasteiger partial charge in [-0.3, -0.25) is 0 Å². The summed E-state index contributed by atoms with van der Waals surface area (Å²) in [7, 11) is 0. The largest absolute Gasteiger partial charge is 0.399 e. The van der Waals surface area contributed by atoms with Crippen LogP contribution in [0.5, 0.6) is 0 Å². The van der Waals surface area contributed by atoms with Crippen molar-refractivity contribution in [3.63, 3.8) is 0 Å². The predicted octanol–water partition coefficient (Wildman–Crippen LogP) is 3.22. The van der Waals surface area contributed by atoms with Crippen molar-refractivity contribution in [2.45, 2.75) is 31.6 Å². The molecule has 2 aromatic rings. The Labute approximate surface area is 112 Å². The van der Waals surface area contributed by atoms with E-state index < -0.39 is 0 Å². The molecule has 2 N–H and O–H groups in total. The Bertz CT molecular complexity index is 607. The maximum absolute atomic E-state index is 5.78. The summed E-state index contributed by atoms with van der Waals surface area (Å²) >= 11 is 0. The lowest BCUT2D eigenvalue weighted by Crippen LogP contribution is -2.09. The highest BCUT2D eigenvalue weighted by Crippen LogP contribution is 2.52. The van der Waals surface area contributed by atoms with Crippen LogP contribution in [0, 0.1) is 11.8 Å². The van der Waals surface area contributed by atoms with Crippen LogP contribution in [0.1, 0.15) is 37.4 Å². The van der Waals surface area contributed by atoms with Crippen molar-refractivity contribution in [2.75, 3.05) is 5.73 Å². The molecule has 1 heterocycles. The van der Waals surface area contributed by atoms with Gasteiger partial charge in [-0.1, -0.05) is 17.6 Å². The Morgan fingerprint density at radius 2 is 2.16 bits per heavy atom. The van der Waals surface area contributed by atoms with Crippen LogP contribution in [0.25, 0.3) is 11.5 Å². The second-order valence-electron chi connectivity index (χ2n) is 5.86. The summed E-state index contributed by atoms with van der Waals surface area (Å²) in [6.07, 6.45) is 5.31. The first-order valence-corrected chi connectivity index (χ1v) is 6.99. The molecule has 3 atom stereocenters. The van der Waals surface area contributed by atoms with E-state index in [0.717, 1.165) is 28.9 Å². The number of nitrogens with two attached hydrogens (primary N) is 1. The lowest BCUT2D eigenvalue weighted by molar-refractivity contribution is 0.372. The van der Waals surface area contributed by atoms with Crippen LogP contribution in [-0.2, 0) is 0 Å². The molecule has 2 fully saturated rings. The second kappa shape index (κ2) is 4.08. The van der Waals surface area contributed by atoms with Gasteiger partial charge in [-0.25, -0.2) is 0 Å². The SMILES string of the molecule is Nc1cccc(-c2nc(C3CC4CCC3C4)no2)c1. The van der Waals surface area contributed by atoms with Crippen LogP contribution in [0.15, 0.2) is 28.8 Å². The van der Waals surface area contributed by atoms with Crippen molar-refractivity contribution in [1.29, 1.82) is 0 Å². The van der Waals surface area contributed by atoms with Crippen LogP contribution in [0.4, 0.5) is 5.69 Å². The molecule has 0 aliphatic heterocycles. The minimum atomic E-state index is 0.511. The van der Waals surface area contributed by atoms with Gasteiger partial charge in [0, 0.05) is 17.2 Å². The van der Waals surface area contributed by atoms with E-state index in [9.17, 15) is 0 Å². The Morgan fingerprint density at radius 3 is 2.89 bits per heavy atom. The molecule has 0 amide bonds. The van der Waals surface area contributed by atoms with E-state index >= 15 is 0 Å². The van der Waals surface area contributed by atoms with Gasteiger partial charge in [0.1, 0.15) is 0 Å². The fourth-order valence-corrected chi connectivity index (χ4v) is 3.74. The summed E-state index contributed by atoms with van der Waals surface area (Å²) in [5.74, 6) is 3.66. The van der Waals surface area contributed by atoms with Crippen LogP contribution >= 0.6 is 0 Å². The topological polar surface area (TPSA) is 64.9 Å². The molecular formula is C15H17N3O. The highest BCUT2D eigenvalue weighted by molar-refractivity contribution is 5.59. The van der Waals surface area contributed by atoms with Gasteiger partial charge in [0.25, 0.3) is 5.89 Å². The standard InChI is InChI=1S/C15H17N3O/c16-12-3-1-2-11(8-12)15-17-14(18-19-15)13-7-9-4-5-10(13)6-9/h1-3,8-10,13H,4-7,16H2. The minimum absolute atomic E-state index is 0.511. The summed E-state index contributed by atoms with van der Waals surface area (Å²) in [6.45, 7) is 0. The number of hydrogen-bond donors (Lipinski definition) is 1. The zero-order valence-corrected chi connectivity index (χ0v) is 10.7. The molecule has 4 rings (SSSR count). The van der Waals surface area contributed by atoms with Gasteiger partial charge in [-0.2, -0.15) is 4.98 Å². The Morgan fingerprint density at radius 1 is 1.21 bits per heavy atom. The van der Waals surface area contributed by atoms with Gasteiger partial charge in [-0.05, 0) is 49.3 Å². The number of nitrogen functional groups attached to an aromatic ring is 1. The summed E-state index contributed by atoms with van der Waals surface area (Å²) in [6, 6.07) is 7.59. The Hall–Kier alpha value is -1.84. The Balaban J connectivity index is 1.63. The second-order valence-corrected chi connectivity index (χ2v) is 5.86. The lowest BCUT2D eigenvalue weighted by atomic mass is 9.88. The van der Waals surface area contributed by atoms with Gasteiger partial charge in [0.2, 0.25) is 0 Å². The van der Waals surface area contributed by atoms with E-state index in [0.29, 0.717) is 11.8 Å². The molecule has 98 valence electrons. The number of fused-ring (bicyclic) bond motifs is 2. The molecule has 2 aliphatic rings. The van der Waals surface area contributed by atoms with Crippen molar-refractivity contribution in [3.8, 4) is 11.5 Å². The van der Waals surface area contributed by atoms with E-state index in [4.69, 9.17) is 10.3 Å². The number of rotatable bonds is 2. The van der Waals surface area contributed by atoms with Gasteiger partial charge < -0.3 is 10.3 Å². The number of anilines is 1. The van der Waals surface area contributed by atoms with Crippen LogP contribution in [0.2, 0.25) is 0 Å². The summed E-state index contributed by atoms with van der Waals surface area (Å²) in [5, 5.41) is 4.20. The number of benzene rings is 1. The molecule has 0 radical (unpaired) electrons. The van der Waals surface area contributed by atoms with E-state index in [1.54, 1.807) is 0 Å². The third-order valence-corrected chi connectivity index (χ3v) is 4.65. The smallest absolute Gasteiger partial charge is 0.258 e. The van der Waals surface area contributed by atoms with Gasteiger partial charge in [0.15, 0.2) is 5.82 Å². The zero-order valence-electron chi connectivity index (χ0n) is 10.7. The van der Waals surface area contributed by atoms with Crippen molar-refractivity contribution >= 4 is 5.69 Å². The van der Waals surface area contributed by atoms with E-state index in [-0.39, 0.29) is 0 Å². The molecule has 4 nitrogen and oxygen atoms in total. The van der Waals surface area contributed by atoms with Crippen LogP contribution < -0.4 is 5.73 Å². The molecule has 0 saturated heterocycles. The Kier molecular flexibility index (Phi) is 2.37. The fraction of sp³-hybridized carbons (Fsp3) is 0.467. The number of aromatic nitrogens is 2. The number of hydrogen-bond acceptors (Lipinski definition) is 4. The maximum Gasteiger partial charge on any atom is 0.258 e. The van der Waals surface area contributed by atoms with Crippen molar-refractivity contribution in [1.82, 2.24) is 10.1 Å². The highest BCUT2D eigenvalue weighted by Gasteiger charge is 2.42. The normalized spacial score (nSPS) is 28.9. The molecule has 2 aliphatic carbocycles. The van der Waals surface area contributed by atoms with Crippen molar-refractivity contribution < 1.29 is 4.52 Å². The molecule has 2 saturated carbocycles. The monoisotopic (exact) mass is 255 g/mol. The number of nitrogens with zero attached hydrogens (tertiary/aromatic N) is 2. The van der Waals surface area contributed by atoms with E-state index in [2.05, 4.69) is 10.1 Å². The van der Waals surface area contributed by atoms with Gasteiger partial charge in [-0.15, -0.1) is 0 Å². The average molecular weight is 255 g/mol. The van der Waals surface area contributed by atoms with Gasteiger partial charge >= 0.3 is 0 Å². The van der Waals surface area contributed by atoms with E-state index in [1.165, 1.54) is 25.7 Å². The van der Waals surface area contributed by atoms with Gasteiger partial charge in [0.05, 0.1) is 0 Å². The first-order chi connectivity index (χ1) is 9.29. The first kappa shape index (κ1) is 11.0. The maximum atomic E-state index is 5.78. The summed E-state index contributed by atoms with van der Waals surface area (Å²) in [4.78, 5) is 4.59. The molecule has 1 aromatic carbocycles. The molecule has 4 heteroatoms. The lowest BCUT2D eigenvalue weighted by Gasteiger charge is -2.17. The summed E-state index contributed by atoms with van der Waals surface area (Å²) < 4.78 is 5.41. The highest BCUT2D eigenvalue weighted by atomic mass is 16.5. The minimum Gasteiger partial charge on any atom is -0.399 e. The molecule has 3 unspecified atom stereocenters. The molecule has 2 bridgehead atoms. The van der Waals surface area contributed by atoms with E-state index in [1.807, 2.05) is 24.3 Å². The third-order valence-electron chi connectivity index (χ3n) is 4.65. The fourth-order valence-electron chi connectivity index (χ4n) is 3.74. The van der Waals surface area contributed by atoms with Crippen LogP contribution in [0.3, 0.4) is 0 Å². The molecule has 0 spiro atoms. The average Bonchev–Trinajstić information content (AvgIpc) is 3.14. The predicted molar refractivity (Wildman–Crippen MR) is 72.3 cm³/mol. The molecule has 19 heavy (non-hydrogen) atoms. The molecule has 1 aromatic heterocycles. The zero-order chi connectivity index (χ0) is 12.8. The van der Waals surface area contributed by atoms with Crippen molar-refractivity contribution in [2.24, 2.45) is 11.8 Å². The third kappa shape index (κ3) is 1.82. The first-order valence-electron chi connectivity index (χ1n) is 6.99. The quantitative estimate of drug-likeness (QED) is 0.837. The van der Waals surface area contributed by atoms with Crippen molar-refractivity contribution in [3.05, 3.63) is 30.1 Å².